The molecule has 0 aliphatic rings. The average molecular weight is 474 g/mol. The van der Waals surface area contributed by atoms with Gasteiger partial charge in [0.2, 0.25) is 10.0 Å². The lowest BCUT2D eigenvalue weighted by atomic mass is 10.2. The summed E-state index contributed by atoms with van der Waals surface area (Å²) in [6, 6.07) is 5.60. The summed E-state index contributed by atoms with van der Waals surface area (Å²) in [6.07, 6.45) is -0.804. The van der Waals surface area contributed by atoms with Crippen LogP contribution in [0, 0.1) is 0 Å². The molecule has 1 amide bonds. The molecule has 0 atom stereocenters. The van der Waals surface area contributed by atoms with Gasteiger partial charge in [0.15, 0.2) is 5.82 Å². The van der Waals surface area contributed by atoms with Crippen molar-refractivity contribution in [3.05, 3.63) is 59.0 Å². The van der Waals surface area contributed by atoms with Gasteiger partial charge in [0.1, 0.15) is 0 Å². The lowest BCUT2D eigenvalue weighted by Gasteiger charge is -2.09. The van der Waals surface area contributed by atoms with Gasteiger partial charge in [0.25, 0.3) is 5.91 Å². The fourth-order valence-corrected chi connectivity index (χ4v) is 3.44. The Morgan fingerprint density at radius 2 is 1.71 bits per heavy atom. The Hall–Kier alpha value is -3.12. The van der Waals surface area contributed by atoms with Crippen LogP contribution in [-0.2, 0) is 23.2 Å². The van der Waals surface area contributed by atoms with Gasteiger partial charge in [-0.3, -0.25) is 9.52 Å². The molecule has 0 fully saturated rings. The van der Waals surface area contributed by atoms with Crippen LogP contribution >= 0.6 is 11.6 Å². The molecule has 0 radical (unpaired) electrons. The molecule has 3 rings (SSSR count). The first-order valence-corrected chi connectivity index (χ1v) is 10.7. The zero-order valence-corrected chi connectivity index (χ0v) is 17.6. The largest absolute Gasteiger partial charge is 0.419 e. The highest BCUT2D eigenvalue weighted by Gasteiger charge is 2.31. The summed E-state index contributed by atoms with van der Waals surface area (Å²) in [6.45, 7) is 0. The van der Waals surface area contributed by atoms with E-state index in [0.29, 0.717) is 18.1 Å². The number of sulfonamides is 1. The summed E-state index contributed by atoms with van der Waals surface area (Å²) < 4.78 is 64.6. The maximum absolute atomic E-state index is 12.7. The molecule has 3 aromatic rings. The van der Waals surface area contributed by atoms with E-state index in [0.717, 1.165) is 6.26 Å². The van der Waals surface area contributed by atoms with E-state index in [1.165, 1.54) is 35.0 Å². The molecule has 0 aliphatic carbocycles. The summed E-state index contributed by atoms with van der Waals surface area (Å²) in [5.41, 5.74) is -0.0806. The first kappa shape index (κ1) is 22.6. The maximum Gasteiger partial charge on any atom is 0.419 e. The van der Waals surface area contributed by atoms with Gasteiger partial charge < -0.3 is 9.88 Å². The van der Waals surface area contributed by atoms with Crippen LogP contribution in [0.3, 0.4) is 0 Å². The molecule has 8 nitrogen and oxygen atoms in total. The third kappa shape index (κ3) is 5.73. The van der Waals surface area contributed by atoms with E-state index in [1.807, 2.05) is 0 Å². The topological polar surface area (TPSA) is 106 Å². The first-order valence-electron chi connectivity index (χ1n) is 8.47. The van der Waals surface area contributed by atoms with E-state index in [9.17, 15) is 26.4 Å². The van der Waals surface area contributed by atoms with Crippen molar-refractivity contribution >= 4 is 38.9 Å². The predicted octanol–water partition coefficient (Wildman–Crippen LogP) is 3.78. The van der Waals surface area contributed by atoms with Crippen LogP contribution in [-0.4, -0.2) is 35.1 Å². The fraction of sp³-hybridized carbons (Fsp3) is 0.167. The van der Waals surface area contributed by atoms with Crippen molar-refractivity contribution in [1.82, 2.24) is 14.5 Å². The molecule has 0 bridgehead atoms. The highest BCUT2D eigenvalue weighted by molar-refractivity contribution is 7.92. The number of rotatable bonds is 5. The van der Waals surface area contributed by atoms with Crippen LogP contribution in [0.4, 0.5) is 24.5 Å². The molecular weight excluding hydrogens is 459 g/mol. The first-order chi connectivity index (χ1) is 14.3. The van der Waals surface area contributed by atoms with Gasteiger partial charge in [-0.05, 0) is 24.3 Å². The molecule has 164 valence electrons. The van der Waals surface area contributed by atoms with Gasteiger partial charge >= 0.3 is 6.18 Å². The molecule has 0 saturated heterocycles. The second-order valence-corrected chi connectivity index (χ2v) is 8.76. The summed E-state index contributed by atoms with van der Waals surface area (Å²) in [7, 11) is -1.96. The molecule has 0 spiro atoms. The third-order valence-corrected chi connectivity index (χ3v) is 4.76. The van der Waals surface area contributed by atoms with Crippen molar-refractivity contribution in [3.8, 4) is 11.5 Å². The van der Waals surface area contributed by atoms with E-state index in [1.54, 1.807) is 7.05 Å². The summed E-state index contributed by atoms with van der Waals surface area (Å²) in [4.78, 5) is 20.1. The monoisotopic (exact) mass is 473 g/mol. The maximum atomic E-state index is 12.7. The van der Waals surface area contributed by atoms with Gasteiger partial charge in [0.05, 0.1) is 28.8 Å². The number of aryl methyl sites for hydroxylation is 1. The van der Waals surface area contributed by atoms with Gasteiger partial charge in [-0.15, -0.1) is 0 Å². The molecular formula is C18H15ClF3N5O3S. The minimum Gasteiger partial charge on any atom is -0.347 e. The molecule has 0 saturated carbocycles. The minimum atomic E-state index is -4.56. The van der Waals surface area contributed by atoms with Crippen LogP contribution in [0.1, 0.15) is 15.9 Å². The van der Waals surface area contributed by atoms with Crippen LogP contribution in [0.25, 0.3) is 11.5 Å². The van der Waals surface area contributed by atoms with Gasteiger partial charge in [-0.2, -0.15) is 13.2 Å². The second kappa shape index (κ2) is 8.19. The van der Waals surface area contributed by atoms with E-state index in [-0.39, 0.29) is 27.8 Å². The summed E-state index contributed by atoms with van der Waals surface area (Å²) in [5, 5.41) is 2.78. The fourth-order valence-electron chi connectivity index (χ4n) is 2.66. The van der Waals surface area contributed by atoms with Crippen molar-refractivity contribution in [2.45, 2.75) is 6.18 Å². The van der Waals surface area contributed by atoms with Crippen molar-refractivity contribution in [3.63, 3.8) is 0 Å². The third-order valence-electron chi connectivity index (χ3n) is 3.93. The predicted molar refractivity (Wildman–Crippen MR) is 109 cm³/mol. The molecule has 1 aromatic carbocycles. The van der Waals surface area contributed by atoms with Crippen LogP contribution < -0.4 is 10.0 Å². The molecule has 2 aromatic heterocycles. The SMILES string of the molecule is Cn1cc(C(=O)Nc2cc(Cl)cc(NS(C)(=O)=O)c2)cc1-c1ncc(C(F)(F)F)cn1. The highest BCUT2D eigenvalue weighted by Crippen LogP contribution is 2.29. The molecule has 13 heteroatoms. The molecule has 31 heavy (non-hydrogen) atoms. The number of amides is 1. The molecule has 0 unspecified atom stereocenters. The van der Waals surface area contributed by atoms with Crippen molar-refractivity contribution in [1.29, 1.82) is 0 Å². The number of nitrogens with zero attached hydrogens (tertiary/aromatic N) is 3. The number of aromatic nitrogens is 3. The highest BCUT2D eigenvalue weighted by atomic mass is 35.5. The Morgan fingerprint density at radius 3 is 2.29 bits per heavy atom. The van der Waals surface area contributed by atoms with Crippen molar-refractivity contribution < 1.29 is 26.4 Å². The number of nitrogens with one attached hydrogen (secondary N) is 2. The zero-order valence-electron chi connectivity index (χ0n) is 16.0. The Kier molecular flexibility index (Phi) is 5.96. The summed E-state index contributed by atoms with van der Waals surface area (Å²) in [5.74, 6) is -0.543. The smallest absolute Gasteiger partial charge is 0.347 e. The second-order valence-electron chi connectivity index (χ2n) is 6.57. The van der Waals surface area contributed by atoms with Gasteiger partial charge in [-0.1, -0.05) is 11.6 Å². The van der Waals surface area contributed by atoms with E-state index < -0.39 is 27.7 Å². The lowest BCUT2D eigenvalue weighted by molar-refractivity contribution is -0.138. The number of benzene rings is 1. The Morgan fingerprint density at radius 1 is 1.10 bits per heavy atom. The molecule has 2 N–H and O–H groups in total. The number of hydrogen-bond donors (Lipinski definition) is 2. The van der Waals surface area contributed by atoms with Crippen molar-refractivity contribution in [2.24, 2.45) is 7.05 Å². The average Bonchev–Trinajstić information content (AvgIpc) is 3.01. The van der Waals surface area contributed by atoms with Crippen LogP contribution in [0.15, 0.2) is 42.9 Å². The van der Waals surface area contributed by atoms with E-state index in [2.05, 4.69) is 20.0 Å². The number of halogens is 4. The quantitative estimate of drug-likeness (QED) is 0.586. The van der Waals surface area contributed by atoms with Gasteiger partial charge in [-0.25, -0.2) is 18.4 Å². The number of carbonyl (C=O) groups excluding carboxylic acids is 1. The van der Waals surface area contributed by atoms with E-state index in [4.69, 9.17) is 11.6 Å². The lowest BCUT2D eigenvalue weighted by Crippen LogP contribution is -2.13. The number of carbonyl (C=O) groups is 1. The van der Waals surface area contributed by atoms with Crippen molar-refractivity contribution in [2.75, 3.05) is 16.3 Å². The van der Waals surface area contributed by atoms with E-state index >= 15 is 0 Å². The van der Waals surface area contributed by atoms with Crippen LogP contribution in [0.5, 0.6) is 0 Å². The number of hydrogen-bond acceptors (Lipinski definition) is 5. The Bertz CT molecular complexity index is 1240. The molecule has 2 heterocycles. The van der Waals surface area contributed by atoms with Gasteiger partial charge in [0, 0.05) is 36.3 Å². The summed E-state index contributed by atoms with van der Waals surface area (Å²) >= 11 is 5.98. The Balaban J connectivity index is 1.83. The normalized spacial score (nSPS) is 11.9. The minimum absolute atomic E-state index is 0.0111. The number of anilines is 2. The standard InChI is InChI=1S/C18H15ClF3N5O3S/c1-27-9-10(3-15(27)16-23-7-11(8-24-16)18(20,21)22)17(28)25-13-4-12(19)5-14(6-13)26-31(2,29)30/h3-9,26H,1-2H3,(H,25,28). The van der Waals surface area contributed by atoms with Crippen LogP contribution in [0.2, 0.25) is 5.02 Å². The molecule has 0 aliphatic heterocycles. The Labute approximate surface area is 180 Å². The zero-order chi connectivity index (χ0) is 23.0. The number of alkyl halides is 3.